The van der Waals surface area contributed by atoms with Crippen LogP contribution in [0, 0.1) is 12.7 Å². The van der Waals surface area contributed by atoms with Crippen molar-refractivity contribution in [3.05, 3.63) is 47.4 Å². The van der Waals surface area contributed by atoms with Crippen LogP contribution in [0.5, 0.6) is 5.75 Å². The van der Waals surface area contributed by atoms with Crippen LogP contribution in [0.25, 0.3) is 6.08 Å². The minimum atomic E-state index is -1.13. The molecule has 0 amide bonds. The maximum absolute atomic E-state index is 13.2. The number of hydrogen-bond acceptors (Lipinski definition) is 5. The number of halogens is 1. The molecule has 0 fully saturated rings. The molecule has 2 aromatic rings. The summed E-state index contributed by atoms with van der Waals surface area (Å²) in [4.78, 5) is 10.5. The Balaban J connectivity index is 2.15. The highest BCUT2D eigenvalue weighted by molar-refractivity contribution is 5.85. The highest BCUT2D eigenvalue weighted by Crippen LogP contribution is 2.22. The molecule has 0 aliphatic carbocycles. The fraction of sp³-hybridized carbons (Fsp3) is 0.154. The Labute approximate surface area is 113 Å². The first-order valence-corrected chi connectivity index (χ1v) is 5.67. The van der Waals surface area contributed by atoms with Gasteiger partial charge < -0.3 is 14.3 Å². The van der Waals surface area contributed by atoms with Gasteiger partial charge in [0.05, 0.1) is 0 Å². The molecule has 0 spiro atoms. The molecule has 0 radical (unpaired) electrons. The summed E-state index contributed by atoms with van der Waals surface area (Å²) in [7, 11) is 0. The van der Waals surface area contributed by atoms with Crippen molar-refractivity contribution in [3.63, 3.8) is 0 Å². The second-order valence-electron chi connectivity index (χ2n) is 3.86. The lowest BCUT2D eigenvalue weighted by Crippen LogP contribution is -1.98. The smallest absolute Gasteiger partial charge is 0.328 e. The summed E-state index contributed by atoms with van der Waals surface area (Å²) >= 11 is 0. The Kier molecular flexibility index (Phi) is 4.09. The van der Waals surface area contributed by atoms with E-state index in [1.807, 2.05) is 0 Å². The largest absolute Gasteiger partial charge is 0.483 e. The summed E-state index contributed by atoms with van der Waals surface area (Å²) in [5, 5.41) is 16.0. The molecule has 7 heteroatoms. The molecule has 0 saturated carbocycles. The summed E-state index contributed by atoms with van der Waals surface area (Å²) < 4.78 is 23.7. The minimum absolute atomic E-state index is 0.0143. The quantitative estimate of drug-likeness (QED) is 0.844. The highest BCUT2D eigenvalue weighted by atomic mass is 19.1. The number of ether oxygens (including phenoxy) is 1. The lowest BCUT2D eigenvalue weighted by Gasteiger charge is -2.07. The lowest BCUT2D eigenvalue weighted by atomic mass is 10.2. The fourth-order valence-electron chi connectivity index (χ4n) is 1.48. The van der Waals surface area contributed by atoms with Crippen LogP contribution in [-0.2, 0) is 11.4 Å². The van der Waals surface area contributed by atoms with E-state index < -0.39 is 11.8 Å². The predicted molar refractivity (Wildman–Crippen MR) is 66.4 cm³/mol. The van der Waals surface area contributed by atoms with E-state index in [0.29, 0.717) is 17.2 Å². The van der Waals surface area contributed by atoms with Gasteiger partial charge in [-0.05, 0) is 24.3 Å². The van der Waals surface area contributed by atoms with Crippen LogP contribution in [0.1, 0.15) is 17.3 Å². The molecule has 0 atom stereocenters. The second kappa shape index (κ2) is 5.96. The molecule has 0 bridgehead atoms. The van der Waals surface area contributed by atoms with Crippen LogP contribution in [-0.4, -0.2) is 21.3 Å². The number of aliphatic carboxylic acids is 1. The number of rotatable bonds is 5. The zero-order valence-electron chi connectivity index (χ0n) is 10.5. The molecule has 1 N–H and O–H groups in total. The number of nitrogens with zero attached hydrogens (tertiary/aromatic N) is 2. The molecule has 1 heterocycles. The van der Waals surface area contributed by atoms with Gasteiger partial charge in [-0.3, -0.25) is 0 Å². The van der Waals surface area contributed by atoms with Crippen LogP contribution < -0.4 is 4.74 Å². The van der Waals surface area contributed by atoms with Gasteiger partial charge in [0.1, 0.15) is 11.6 Å². The Morgan fingerprint density at radius 2 is 2.30 bits per heavy atom. The van der Waals surface area contributed by atoms with Crippen LogP contribution in [0.2, 0.25) is 0 Å². The standard InChI is InChI=1S/C13H11FN2O4/c1-8-15-16-12(20-8)7-19-11-4-3-10(14)6-9(11)2-5-13(17)18/h2-6H,7H2,1H3,(H,17,18)/b5-2+. The molecular formula is C13H11FN2O4. The molecular weight excluding hydrogens is 267 g/mol. The van der Waals surface area contributed by atoms with Crippen LogP contribution in [0.15, 0.2) is 28.7 Å². The number of carbonyl (C=O) groups is 1. The predicted octanol–water partition coefficient (Wildman–Crippen LogP) is 2.19. The van der Waals surface area contributed by atoms with Crippen molar-refractivity contribution in [2.75, 3.05) is 0 Å². The number of aryl methyl sites for hydroxylation is 1. The normalized spacial score (nSPS) is 10.9. The van der Waals surface area contributed by atoms with E-state index in [0.717, 1.165) is 6.08 Å². The van der Waals surface area contributed by atoms with E-state index in [1.54, 1.807) is 6.92 Å². The Hall–Kier alpha value is -2.70. The van der Waals surface area contributed by atoms with Gasteiger partial charge in [0.2, 0.25) is 5.89 Å². The third-order valence-corrected chi connectivity index (χ3v) is 2.30. The summed E-state index contributed by atoms with van der Waals surface area (Å²) in [6.45, 7) is 1.66. The summed E-state index contributed by atoms with van der Waals surface area (Å²) in [5.74, 6) is -0.614. The van der Waals surface area contributed by atoms with E-state index in [9.17, 15) is 9.18 Å². The van der Waals surface area contributed by atoms with E-state index in [4.69, 9.17) is 14.3 Å². The molecule has 0 saturated heterocycles. The van der Waals surface area contributed by atoms with Crippen molar-refractivity contribution in [3.8, 4) is 5.75 Å². The van der Waals surface area contributed by atoms with Crippen molar-refractivity contribution >= 4 is 12.0 Å². The first kappa shape index (κ1) is 13.7. The van der Waals surface area contributed by atoms with Gasteiger partial charge in [0, 0.05) is 18.6 Å². The zero-order valence-corrected chi connectivity index (χ0v) is 10.5. The van der Waals surface area contributed by atoms with Gasteiger partial charge in [0.15, 0.2) is 6.61 Å². The Morgan fingerprint density at radius 1 is 1.50 bits per heavy atom. The first-order valence-electron chi connectivity index (χ1n) is 5.67. The Morgan fingerprint density at radius 3 is 2.95 bits per heavy atom. The SMILES string of the molecule is Cc1nnc(COc2ccc(F)cc2/C=C/C(=O)O)o1. The van der Waals surface area contributed by atoms with E-state index in [-0.39, 0.29) is 12.5 Å². The summed E-state index contributed by atoms with van der Waals surface area (Å²) in [6.07, 6.45) is 2.15. The molecule has 6 nitrogen and oxygen atoms in total. The van der Waals surface area contributed by atoms with Gasteiger partial charge >= 0.3 is 5.97 Å². The van der Waals surface area contributed by atoms with Crippen molar-refractivity contribution < 1.29 is 23.4 Å². The van der Waals surface area contributed by atoms with Gasteiger partial charge in [-0.2, -0.15) is 0 Å². The van der Waals surface area contributed by atoms with Crippen LogP contribution in [0.3, 0.4) is 0 Å². The van der Waals surface area contributed by atoms with Crippen LogP contribution >= 0.6 is 0 Å². The zero-order chi connectivity index (χ0) is 14.5. The maximum Gasteiger partial charge on any atom is 0.328 e. The summed E-state index contributed by atoms with van der Waals surface area (Å²) in [6, 6.07) is 3.79. The third-order valence-electron chi connectivity index (χ3n) is 2.30. The molecule has 1 aromatic heterocycles. The van der Waals surface area contributed by atoms with Gasteiger partial charge in [-0.15, -0.1) is 10.2 Å². The molecule has 104 valence electrons. The van der Waals surface area contributed by atoms with Gasteiger partial charge in [0.25, 0.3) is 5.89 Å². The molecule has 0 aliphatic rings. The molecule has 1 aromatic carbocycles. The van der Waals surface area contributed by atoms with Gasteiger partial charge in [-0.1, -0.05) is 0 Å². The van der Waals surface area contributed by atoms with Crippen molar-refractivity contribution in [1.82, 2.24) is 10.2 Å². The van der Waals surface area contributed by atoms with E-state index >= 15 is 0 Å². The van der Waals surface area contributed by atoms with Crippen molar-refractivity contribution in [2.45, 2.75) is 13.5 Å². The number of benzene rings is 1. The van der Waals surface area contributed by atoms with Crippen LogP contribution in [0.4, 0.5) is 4.39 Å². The highest BCUT2D eigenvalue weighted by Gasteiger charge is 2.07. The average Bonchev–Trinajstić information content (AvgIpc) is 2.81. The maximum atomic E-state index is 13.2. The molecule has 2 rings (SSSR count). The molecule has 20 heavy (non-hydrogen) atoms. The molecule has 0 aliphatic heterocycles. The third kappa shape index (κ3) is 3.64. The first-order chi connectivity index (χ1) is 9.54. The van der Waals surface area contributed by atoms with E-state index in [1.165, 1.54) is 24.3 Å². The second-order valence-corrected chi connectivity index (χ2v) is 3.86. The Bertz CT molecular complexity index is 652. The fourth-order valence-corrected chi connectivity index (χ4v) is 1.48. The lowest BCUT2D eigenvalue weighted by molar-refractivity contribution is -0.131. The van der Waals surface area contributed by atoms with Gasteiger partial charge in [-0.25, -0.2) is 9.18 Å². The number of aromatic nitrogens is 2. The average molecular weight is 278 g/mol. The van der Waals surface area contributed by atoms with E-state index in [2.05, 4.69) is 10.2 Å². The minimum Gasteiger partial charge on any atom is -0.483 e. The number of carboxylic acids is 1. The molecule has 0 unspecified atom stereocenters. The summed E-state index contributed by atoms with van der Waals surface area (Å²) in [5.41, 5.74) is 0.309. The number of carboxylic acid groups (broad SMARTS) is 1. The van der Waals surface area contributed by atoms with Crippen molar-refractivity contribution in [2.24, 2.45) is 0 Å². The number of hydrogen-bond donors (Lipinski definition) is 1. The van der Waals surface area contributed by atoms with Crippen molar-refractivity contribution in [1.29, 1.82) is 0 Å². The topological polar surface area (TPSA) is 85.5 Å². The monoisotopic (exact) mass is 278 g/mol.